The zero-order valence-corrected chi connectivity index (χ0v) is 11.0. The van der Waals surface area contributed by atoms with E-state index in [0.29, 0.717) is 13.2 Å². The van der Waals surface area contributed by atoms with E-state index in [1.54, 1.807) is 18.3 Å². The van der Waals surface area contributed by atoms with Gasteiger partial charge in [0.2, 0.25) is 0 Å². The van der Waals surface area contributed by atoms with Crippen LogP contribution in [0.5, 0.6) is 0 Å². The molecule has 0 saturated heterocycles. The van der Waals surface area contributed by atoms with Crippen molar-refractivity contribution in [3.63, 3.8) is 0 Å². The number of rotatable bonds is 6. The maximum Gasteiger partial charge on any atom is 0.328 e. The molecule has 0 aromatic carbocycles. The van der Waals surface area contributed by atoms with Gasteiger partial charge in [-0.25, -0.2) is 4.79 Å². The van der Waals surface area contributed by atoms with Crippen LogP contribution in [0, 0.1) is 12.3 Å². The van der Waals surface area contributed by atoms with Gasteiger partial charge in [-0.05, 0) is 25.5 Å². The van der Waals surface area contributed by atoms with E-state index in [1.807, 2.05) is 12.1 Å². The molecule has 4 heteroatoms. The molecule has 0 aliphatic rings. The number of hydrogen-bond acceptors (Lipinski definition) is 4. The monoisotopic (exact) mass is 251 g/mol. The molecule has 17 heavy (non-hydrogen) atoms. The summed E-state index contributed by atoms with van der Waals surface area (Å²) in [7, 11) is 0. The Morgan fingerprint density at radius 2 is 2.35 bits per heavy atom. The molecule has 1 heterocycles. The lowest BCUT2D eigenvalue weighted by Gasteiger charge is -2.14. The van der Waals surface area contributed by atoms with Crippen molar-refractivity contribution in [3.8, 4) is 12.3 Å². The Hall–Kier alpha value is -1.31. The molecule has 1 aromatic heterocycles. The van der Waals surface area contributed by atoms with Crippen LogP contribution >= 0.6 is 11.3 Å². The quantitative estimate of drug-likeness (QED) is 0.622. The van der Waals surface area contributed by atoms with E-state index >= 15 is 0 Å². The fourth-order valence-electron chi connectivity index (χ4n) is 1.43. The minimum absolute atomic E-state index is 0.271. The Kier molecular flexibility index (Phi) is 5.75. The van der Waals surface area contributed by atoms with Crippen LogP contribution in [-0.2, 0) is 16.0 Å². The van der Waals surface area contributed by atoms with E-state index in [9.17, 15) is 4.79 Å². The molecule has 1 aromatic rings. The van der Waals surface area contributed by atoms with Crippen molar-refractivity contribution in [3.05, 3.63) is 21.9 Å². The number of ether oxygens (including phenoxy) is 1. The SMILES string of the molecule is C#CCNC(C(=O)OCC)c1ccc(CC)s1. The molecular weight excluding hydrogens is 234 g/mol. The summed E-state index contributed by atoms with van der Waals surface area (Å²) in [4.78, 5) is 14.0. The first-order valence-electron chi connectivity index (χ1n) is 5.65. The van der Waals surface area contributed by atoms with Gasteiger partial charge in [-0.15, -0.1) is 17.8 Å². The van der Waals surface area contributed by atoms with Gasteiger partial charge in [-0.3, -0.25) is 5.32 Å². The molecule has 3 nitrogen and oxygen atoms in total. The highest BCUT2D eigenvalue weighted by molar-refractivity contribution is 7.12. The summed E-state index contributed by atoms with van der Waals surface area (Å²) < 4.78 is 5.04. The average molecular weight is 251 g/mol. The third-order valence-corrected chi connectivity index (χ3v) is 3.54. The molecule has 0 spiro atoms. The molecule has 0 saturated carbocycles. The van der Waals surface area contributed by atoms with Crippen molar-refractivity contribution >= 4 is 17.3 Å². The lowest BCUT2D eigenvalue weighted by molar-refractivity contribution is -0.145. The summed E-state index contributed by atoms with van der Waals surface area (Å²) in [5.41, 5.74) is 0. The summed E-state index contributed by atoms with van der Waals surface area (Å²) >= 11 is 1.61. The minimum Gasteiger partial charge on any atom is -0.465 e. The first-order chi connectivity index (χ1) is 8.22. The van der Waals surface area contributed by atoms with Crippen LogP contribution in [0.3, 0.4) is 0 Å². The number of thiophene rings is 1. The second-order valence-corrected chi connectivity index (χ2v) is 4.63. The van der Waals surface area contributed by atoms with Gasteiger partial charge in [0.15, 0.2) is 0 Å². The van der Waals surface area contributed by atoms with Crippen molar-refractivity contribution < 1.29 is 9.53 Å². The number of esters is 1. The number of nitrogens with one attached hydrogen (secondary N) is 1. The molecule has 1 rings (SSSR count). The zero-order chi connectivity index (χ0) is 12.7. The molecule has 0 radical (unpaired) electrons. The second-order valence-electron chi connectivity index (χ2n) is 3.43. The molecule has 0 aliphatic carbocycles. The summed E-state index contributed by atoms with van der Waals surface area (Å²) in [5.74, 6) is 2.20. The van der Waals surface area contributed by atoms with E-state index in [2.05, 4.69) is 18.2 Å². The Labute approximate surface area is 106 Å². The van der Waals surface area contributed by atoms with Crippen LogP contribution in [0.15, 0.2) is 12.1 Å². The molecule has 0 fully saturated rings. The highest BCUT2D eigenvalue weighted by Gasteiger charge is 2.22. The van der Waals surface area contributed by atoms with Gasteiger partial charge in [-0.2, -0.15) is 0 Å². The number of carbonyl (C=O) groups is 1. The van der Waals surface area contributed by atoms with E-state index in [4.69, 9.17) is 11.2 Å². The largest absolute Gasteiger partial charge is 0.465 e. The molecule has 0 bridgehead atoms. The van der Waals surface area contributed by atoms with Crippen LogP contribution in [0.1, 0.15) is 29.6 Å². The topological polar surface area (TPSA) is 38.3 Å². The first-order valence-corrected chi connectivity index (χ1v) is 6.46. The average Bonchev–Trinajstić information content (AvgIpc) is 2.78. The van der Waals surface area contributed by atoms with Gasteiger partial charge < -0.3 is 4.74 Å². The first kappa shape index (κ1) is 13.8. The zero-order valence-electron chi connectivity index (χ0n) is 10.2. The molecular formula is C13H17NO2S. The highest BCUT2D eigenvalue weighted by Crippen LogP contribution is 2.24. The Morgan fingerprint density at radius 3 is 2.88 bits per heavy atom. The third-order valence-electron chi connectivity index (χ3n) is 2.25. The summed E-state index contributed by atoms with van der Waals surface area (Å²) in [6, 6.07) is 3.54. The van der Waals surface area contributed by atoms with Gasteiger partial charge in [0, 0.05) is 9.75 Å². The van der Waals surface area contributed by atoms with Gasteiger partial charge in [0.1, 0.15) is 6.04 Å². The van der Waals surface area contributed by atoms with Crippen LogP contribution < -0.4 is 5.32 Å². The molecule has 0 amide bonds. The number of terminal acetylenes is 1. The van der Waals surface area contributed by atoms with Crippen molar-refractivity contribution in [2.45, 2.75) is 26.3 Å². The molecule has 1 atom stereocenters. The van der Waals surface area contributed by atoms with E-state index < -0.39 is 6.04 Å². The summed E-state index contributed by atoms with van der Waals surface area (Å²) in [5, 5.41) is 3.01. The Morgan fingerprint density at radius 1 is 1.59 bits per heavy atom. The van der Waals surface area contributed by atoms with Crippen molar-refractivity contribution in [2.24, 2.45) is 0 Å². The third kappa shape index (κ3) is 3.88. The summed E-state index contributed by atoms with van der Waals surface area (Å²) in [6.45, 7) is 4.60. The van der Waals surface area contributed by atoms with Crippen LogP contribution in [0.2, 0.25) is 0 Å². The number of hydrogen-bond donors (Lipinski definition) is 1. The van der Waals surface area contributed by atoms with Crippen LogP contribution in [-0.4, -0.2) is 19.1 Å². The van der Waals surface area contributed by atoms with Gasteiger partial charge in [0.05, 0.1) is 13.2 Å². The van der Waals surface area contributed by atoms with Gasteiger partial charge >= 0.3 is 5.97 Å². The van der Waals surface area contributed by atoms with E-state index in [-0.39, 0.29) is 5.97 Å². The summed E-state index contributed by atoms with van der Waals surface area (Å²) in [6.07, 6.45) is 6.17. The predicted molar refractivity (Wildman–Crippen MR) is 69.9 cm³/mol. The number of aryl methyl sites for hydroxylation is 1. The fraction of sp³-hybridized carbons (Fsp3) is 0.462. The van der Waals surface area contributed by atoms with Crippen molar-refractivity contribution in [1.82, 2.24) is 5.32 Å². The fourth-order valence-corrected chi connectivity index (χ4v) is 2.44. The van der Waals surface area contributed by atoms with Crippen LogP contribution in [0.4, 0.5) is 0 Å². The van der Waals surface area contributed by atoms with Crippen molar-refractivity contribution in [1.29, 1.82) is 0 Å². The molecule has 1 unspecified atom stereocenters. The highest BCUT2D eigenvalue weighted by atomic mass is 32.1. The maximum atomic E-state index is 11.8. The maximum absolute atomic E-state index is 11.8. The van der Waals surface area contributed by atoms with E-state index in [0.717, 1.165) is 11.3 Å². The molecule has 0 aliphatic heterocycles. The minimum atomic E-state index is -0.448. The standard InChI is InChI=1S/C13H17NO2S/c1-4-9-14-12(13(15)16-6-3)11-8-7-10(5-2)17-11/h1,7-8,12,14H,5-6,9H2,2-3H3. The normalized spacial score (nSPS) is 11.8. The predicted octanol–water partition coefficient (Wildman–Crippen LogP) is 2.14. The lowest BCUT2D eigenvalue weighted by atomic mass is 10.2. The molecule has 92 valence electrons. The van der Waals surface area contributed by atoms with Crippen LogP contribution in [0.25, 0.3) is 0 Å². The second kappa shape index (κ2) is 7.10. The Balaban J connectivity index is 2.81. The lowest BCUT2D eigenvalue weighted by Crippen LogP contribution is -2.29. The smallest absolute Gasteiger partial charge is 0.328 e. The van der Waals surface area contributed by atoms with E-state index in [1.165, 1.54) is 4.88 Å². The molecule has 1 N–H and O–H groups in total. The van der Waals surface area contributed by atoms with Crippen molar-refractivity contribution in [2.75, 3.05) is 13.2 Å². The van der Waals surface area contributed by atoms with Gasteiger partial charge in [-0.1, -0.05) is 12.8 Å². The Bertz CT molecular complexity index is 406. The number of carbonyl (C=O) groups excluding carboxylic acids is 1. The van der Waals surface area contributed by atoms with Gasteiger partial charge in [0.25, 0.3) is 0 Å².